The molecule has 0 spiro atoms. The minimum Gasteiger partial charge on any atom is -0.393 e. The summed E-state index contributed by atoms with van der Waals surface area (Å²) >= 11 is 0. The second-order valence-corrected chi connectivity index (χ2v) is 5.53. The molecule has 2 amide bonds. The van der Waals surface area contributed by atoms with Crippen molar-refractivity contribution in [1.82, 2.24) is 4.90 Å². The number of likely N-dealkylation sites (tertiary alicyclic amines) is 1. The van der Waals surface area contributed by atoms with Crippen LogP contribution in [-0.2, 0) is 4.79 Å². The van der Waals surface area contributed by atoms with Crippen LogP contribution in [0.2, 0.25) is 0 Å². The van der Waals surface area contributed by atoms with Gasteiger partial charge >= 0.3 is 0 Å². The van der Waals surface area contributed by atoms with E-state index in [1.807, 2.05) is 11.8 Å². The van der Waals surface area contributed by atoms with E-state index in [1.165, 1.54) is 0 Å². The molecule has 1 fully saturated rings. The summed E-state index contributed by atoms with van der Waals surface area (Å²) in [5, 5.41) is 12.4. The third-order valence-electron chi connectivity index (χ3n) is 3.78. The van der Waals surface area contributed by atoms with E-state index in [9.17, 15) is 14.7 Å². The molecule has 0 bridgehead atoms. The predicted molar refractivity (Wildman–Crippen MR) is 79.8 cm³/mol. The first kappa shape index (κ1) is 15.5. The van der Waals surface area contributed by atoms with Gasteiger partial charge in [0.1, 0.15) is 0 Å². The number of nitrogens with one attached hydrogen (secondary N) is 1. The van der Waals surface area contributed by atoms with E-state index in [0.717, 1.165) is 0 Å². The summed E-state index contributed by atoms with van der Waals surface area (Å²) in [5.74, 6) is -0.600. The quantitative estimate of drug-likeness (QED) is 0.749. The largest absolute Gasteiger partial charge is 0.393 e. The third-order valence-corrected chi connectivity index (χ3v) is 3.78. The van der Waals surface area contributed by atoms with Gasteiger partial charge in [0.05, 0.1) is 23.9 Å². The van der Waals surface area contributed by atoms with Crippen molar-refractivity contribution in [3.63, 3.8) is 0 Å². The number of benzene rings is 1. The minimum absolute atomic E-state index is 0.157. The van der Waals surface area contributed by atoms with Crippen molar-refractivity contribution in [2.75, 3.05) is 25.0 Å². The average Bonchev–Trinajstić information content (AvgIpc) is 2.43. The number of aliphatic hydroxyl groups is 1. The molecule has 1 aliphatic rings. The Kier molecular flexibility index (Phi) is 4.93. The van der Waals surface area contributed by atoms with Gasteiger partial charge in [-0.25, -0.2) is 0 Å². The molecule has 0 saturated carbocycles. The highest BCUT2D eigenvalue weighted by molar-refractivity contribution is 6.03. The van der Waals surface area contributed by atoms with Crippen molar-refractivity contribution in [3.05, 3.63) is 29.8 Å². The molecular formula is C15H21N3O3. The third kappa shape index (κ3) is 4.03. The van der Waals surface area contributed by atoms with Crippen LogP contribution in [-0.4, -0.2) is 47.6 Å². The monoisotopic (exact) mass is 291 g/mol. The topological polar surface area (TPSA) is 95.7 Å². The van der Waals surface area contributed by atoms with E-state index in [2.05, 4.69) is 5.32 Å². The highest BCUT2D eigenvalue weighted by Gasteiger charge is 2.25. The van der Waals surface area contributed by atoms with Crippen LogP contribution >= 0.6 is 0 Å². The summed E-state index contributed by atoms with van der Waals surface area (Å²) < 4.78 is 0. The van der Waals surface area contributed by atoms with E-state index in [1.54, 1.807) is 24.3 Å². The predicted octanol–water partition coefficient (Wildman–Crippen LogP) is 0.427. The maximum atomic E-state index is 12.1. The SMILES string of the molecule is CC1CN(CC(=O)Nc2ccccc2C(N)=O)CCC1O. The van der Waals surface area contributed by atoms with Crippen LogP contribution < -0.4 is 11.1 Å². The number of nitrogens with zero attached hydrogens (tertiary/aromatic N) is 1. The fraction of sp³-hybridized carbons (Fsp3) is 0.467. The van der Waals surface area contributed by atoms with E-state index >= 15 is 0 Å². The van der Waals surface area contributed by atoms with Crippen LogP contribution in [0, 0.1) is 5.92 Å². The Morgan fingerprint density at radius 1 is 1.43 bits per heavy atom. The van der Waals surface area contributed by atoms with Gasteiger partial charge in [-0.1, -0.05) is 19.1 Å². The lowest BCUT2D eigenvalue weighted by Gasteiger charge is -2.33. The van der Waals surface area contributed by atoms with Gasteiger partial charge in [-0.2, -0.15) is 0 Å². The molecule has 2 rings (SSSR count). The molecule has 6 heteroatoms. The Labute approximate surface area is 123 Å². The summed E-state index contributed by atoms with van der Waals surface area (Å²) in [7, 11) is 0. The van der Waals surface area contributed by atoms with Crippen LogP contribution in [0.3, 0.4) is 0 Å². The Balaban J connectivity index is 1.95. The fourth-order valence-electron chi connectivity index (χ4n) is 2.56. The van der Waals surface area contributed by atoms with Gasteiger partial charge in [0.25, 0.3) is 5.91 Å². The number of carbonyl (C=O) groups excluding carboxylic acids is 2. The van der Waals surface area contributed by atoms with E-state index < -0.39 is 5.91 Å². The number of primary amides is 1. The lowest BCUT2D eigenvalue weighted by atomic mass is 9.97. The standard InChI is InChI=1S/C15H21N3O3/c1-10-8-18(7-6-13(10)19)9-14(20)17-12-5-3-2-4-11(12)15(16)21/h2-5,10,13,19H,6-9H2,1H3,(H2,16,21)(H,17,20). The Morgan fingerprint density at radius 3 is 2.81 bits per heavy atom. The number of para-hydroxylation sites is 1. The molecule has 21 heavy (non-hydrogen) atoms. The van der Waals surface area contributed by atoms with Gasteiger partial charge in [0.2, 0.25) is 5.91 Å². The Bertz CT molecular complexity index is 533. The van der Waals surface area contributed by atoms with Gasteiger partial charge in [-0.05, 0) is 24.5 Å². The number of hydrogen-bond donors (Lipinski definition) is 3. The molecule has 0 aromatic heterocycles. The first-order valence-corrected chi connectivity index (χ1v) is 7.06. The van der Waals surface area contributed by atoms with E-state index in [-0.39, 0.29) is 24.5 Å². The lowest BCUT2D eigenvalue weighted by Crippen LogP contribution is -2.45. The number of carbonyl (C=O) groups is 2. The number of aliphatic hydroxyl groups excluding tert-OH is 1. The fourth-order valence-corrected chi connectivity index (χ4v) is 2.56. The minimum atomic E-state index is -0.569. The first-order valence-electron chi connectivity index (χ1n) is 7.06. The van der Waals surface area contributed by atoms with Crippen LogP contribution in [0.5, 0.6) is 0 Å². The maximum absolute atomic E-state index is 12.1. The van der Waals surface area contributed by atoms with Crippen LogP contribution in [0.4, 0.5) is 5.69 Å². The Hall–Kier alpha value is -1.92. The van der Waals surface area contributed by atoms with Gasteiger partial charge in [-0.15, -0.1) is 0 Å². The molecule has 2 unspecified atom stereocenters. The van der Waals surface area contributed by atoms with Crippen molar-refractivity contribution in [2.45, 2.75) is 19.4 Å². The molecule has 1 heterocycles. The number of anilines is 1. The molecule has 6 nitrogen and oxygen atoms in total. The Morgan fingerprint density at radius 2 is 2.14 bits per heavy atom. The molecule has 0 radical (unpaired) electrons. The van der Waals surface area contributed by atoms with Crippen LogP contribution in [0.1, 0.15) is 23.7 Å². The second-order valence-electron chi connectivity index (χ2n) is 5.53. The summed E-state index contributed by atoms with van der Waals surface area (Å²) in [4.78, 5) is 25.4. The van der Waals surface area contributed by atoms with Crippen LogP contribution in [0.25, 0.3) is 0 Å². The molecule has 2 atom stereocenters. The molecule has 1 aromatic carbocycles. The summed E-state index contributed by atoms with van der Waals surface area (Å²) in [6.07, 6.45) is 0.381. The average molecular weight is 291 g/mol. The van der Waals surface area contributed by atoms with Crippen molar-refractivity contribution in [3.8, 4) is 0 Å². The molecule has 1 aliphatic heterocycles. The zero-order valence-corrected chi connectivity index (χ0v) is 12.1. The number of piperidine rings is 1. The zero-order chi connectivity index (χ0) is 15.4. The maximum Gasteiger partial charge on any atom is 0.250 e. The highest BCUT2D eigenvalue weighted by Crippen LogP contribution is 2.17. The van der Waals surface area contributed by atoms with E-state index in [4.69, 9.17) is 5.73 Å². The zero-order valence-electron chi connectivity index (χ0n) is 12.1. The second kappa shape index (κ2) is 6.69. The normalized spacial score (nSPS) is 22.8. The van der Waals surface area contributed by atoms with Crippen molar-refractivity contribution in [1.29, 1.82) is 0 Å². The molecule has 0 aliphatic carbocycles. The number of nitrogens with two attached hydrogens (primary N) is 1. The smallest absolute Gasteiger partial charge is 0.250 e. The number of rotatable bonds is 4. The summed E-state index contributed by atoms with van der Waals surface area (Å²) in [6.45, 7) is 3.59. The van der Waals surface area contributed by atoms with Gasteiger partial charge in [-0.3, -0.25) is 14.5 Å². The molecular weight excluding hydrogens is 270 g/mol. The van der Waals surface area contributed by atoms with E-state index in [0.29, 0.717) is 30.8 Å². The van der Waals surface area contributed by atoms with Gasteiger partial charge in [0.15, 0.2) is 0 Å². The van der Waals surface area contributed by atoms with Crippen molar-refractivity contribution < 1.29 is 14.7 Å². The lowest BCUT2D eigenvalue weighted by molar-refractivity contribution is -0.118. The van der Waals surface area contributed by atoms with Crippen molar-refractivity contribution in [2.24, 2.45) is 11.7 Å². The molecule has 114 valence electrons. The number of hydrogen-bond acceptors (Lipinski definition) is 4. The molecule has 4 N–H and O–H groups in total. The summed E-state index contributed by atoms with van der Waals surface area (Å²) in [5.41, 5.74) is 6.01. The molecule has 1 saturated heterocycles. The number of amides is 2. The van der Waals surface area contributed by atoms with Crippen molar-refractivity contribution >= 4 is 17.5 Å². The van der Waals surface area contributed by atoms with Gasteiger partial charge < -0.3 is 16.2 Å². The van der Waals surface area contributed by atoms with Crippen LogP contribution in [0.15, 0.2) is 24.3 Å². The molecule has 1 aromatic rings. The highest BCUT2D eigenvalue weighted by atomic mass is 16.3. The summed E-state index contributed by atoms with van der Waals surface area (Å²) in [6, 6.07) is 6.67. The first-order chi connectivity index (χ1) is 9.97. The van der Waals surface area contributed by atoms with Gasteiger partial charge in [0, 0.05) is 13.1 Å².